The van der Waals surface area contributed by atoms with Crippen LogP contribution in [0.1, 0.15) is 13.8 Å². The van der Waals surface area contributed by atoms with Crippen molar-refractivity contribution in [1.82, 2.24) is 0 Å². The number of rotatable bonds is 9. The standard InChI is InChI=1S/C58H44N2/c1-3-4-18-41(2)59(48-23-8-5-9-24-48)51-33-35-53-55(39-51)57(46-31-29-42-19-14-16-21-44(42)37-46)54-36-34-52(60(49-25-10-6-11-26-49)50-27-12-7-13-28-50)40-56(54)58(53)47-32-30-43-20-15-17-22-45(43)38-47/h3-40H,1-2H3. The number of benzene rings is 10. The van der Waals surface area contributed by atoms with Gasteiger partial charge in [0.05, 0.1) is 0 Å². The van der Waals surface area contributed by atoms with Crippen LogP contribution in [0.2, 0.25) is 0 Å². The summed E-state index contributed by atoms with van der Waals surface area (Å²) in [5.74, 6) is 0. The molecule has 10 aromatic rings. The highest BCUT2D eigenvalue weighted by Crippen LogP contribution is 2.48. The first-order valence-corrected chi connectivity index (χ1v) is 20.7. The molecule has 286 valence electrons. The second kappa shape index (κ2) is 15.9. The molecule has 0 aliphatic heterocycles. The van der Waals surface area contributed by atoms with Crippen LogP contribution < -0.4 is 9.80 Å². The molecule has 0 aliphatic carbocycles. The lowest BCUT2D eigenvalue weighted by atomic mass is 9.84. The van der Waals surface area contributed by atoms with E-state index in [1.165, 1.54) is 65.3 Å². The summed E-state index contributed by atoms with van der Waals surface area (Å²) < 4.78 is 0. The lowest BCUT2D eigenvalue weighted by molar-refractivity contribution is 1.16. The zero-order valence-corrected chi connectivity index (χ0v) is 33.8. The number of allylic oxidation sites excluding steroid dienone is 4. The van der Waals surface area contributed by atoms with Gasteiger partial charge in [-0.2, -0.15) is 0 Å². The molecule has 10 rings (SSSR count). The molecule has 0 aromatic heterocycles. The van der Waals surface area contributed by atoms with Crippen molar-refractivity contribution in [3.8, 4) is 22.3 Å². The third kappa shape index (κ3) is 6.78. The molecule has 0 bridgehead atoms. The molecule has 0 saturated carbocycles. The Morgan fingerprint density at radius 3 is 1.30 bits per heavy atom. The number of para-hydroxylation sites is 3. The van der Waals surface area contributed by atoms with Gasteiger partial charge in [-0.3, -0.25) is 0 Å². The van der Waals surface area contributed by atoms with Gasteiger partial charge in [0.25, 0.3) is 0 Å². The predicted molar refractivity (Wildman–Crippen MR) is 259 cm³/mol. The van der Waals surface area contributed by atoms with Gasteiger partial charge in [-0.15, -0.1) is 0 Å². The fourth-order valence-corrected chi connectivity index (χ4v) is 8.84. The van der Waals surface area contributed by atoms with Crippen molar-refractivity contribution in [2.24, 2.45) is 0 Å². The van der Waals surface area contributed by atoms with Crippen molar-refractivity contribution in [3.63, 3.8) is 0 Å². The van der Waals surface area contributed by atoms with Crippen LogP contribution in [0.25, 0.3) is 65.3 Å². The molecule has 0 heterocycles. The molecule has 0 radical (unpaired) electrons. The minimum absolute atomic E-state index is 1.10. The van der Waals surface area contributed by atoms with E-state index in [1.54, 1.807) is 0 Å². The Morgan fingerprint density at radius 2 is 0.800 bits per heavy atom. The van der Waals surface area contributed by atoms with E-state index in [-0.39, 0.29) is 0 Å². The number of hydrogen-bond acceptors (Lipinski definition) is 2. The maximum absolute atomic E-state index is 2.41. The minimum atomic E-state index is 1.10. The highest BCUT2D eigenvalue weighted by Gasteiger charge is 2.22. The molecule has 60 heavy (non-hydrogen) atoms. The molecular weight excluding hydrogens is 725 g/mol. The van der Waals surface area contributed by atoms with Crippen LogP contribution in [0, 0.1) is 0 Å². The van der Waals surface area contributed by atoms with Crippen LogP contribution in [0.3, 0.4) is 0 Å². The number of anilines is 5. The van der Waals surface area contributed by atoms with Crippen LogP contribution >= 0.6 is 0 Å². The van der Waals surface area contributed by atoms with Crippen molar-refractivity contribution in [2.75, 3.05) is 9.80 Å². The average Bonchev–Trinajstić information content (AvgIpc) is 3.31. The summed E-state index contributed by atoms with van der Waals surface area (Å²) in [6, 6.07) is 77.4. The van der Waals surface area contributed by atoms with E-state index < -0.39 is 0 Å². The second-order valence-corrected chi connectivity index (χ2v) is 15.3. The summed E-state index contributed by atoms with van der Waals surface area (Å²) in [5, 5.41) is 9.71. The normalized spacial score (nSPS) is 11.9. The second-order valence-electron chi connectivity index (χ2n) is 15.3. The van der Waals surface area contributed by atoms with E-state index in [0.717, 1.165) is 34.1 Å². The first-order chi connectivity index (χ1) is 29.6. The molecule has 0 amide bonds. The number of nitrogens with zero attached hydrogens (tertiary/aromatic N) is 2. The zero-order chi connectivity index (χ0) is 40.4. The Kier molecular flexibility index (Phi) is 9.73. The maximum atomic E-state index is 2.41. The van der Waals surface area contributed by atoms with Crippen molar-refractivity contribution < 1.29 is 0 Å². The van der Waals surface area contributed by atoms with Gasteiger partial charge in [-0.05, 0) is 158 Å². The van der Waals surface area contributed by atoms with Crippen LogP contribution in [-0.4, -0.2) is 0 Å². The Balaban J connectivity index is 1.33. The molecule has 0 saturated heterocycles. The fourth-order valence-electron chi connectivity index (χ4n) is 8.84. The van der Waals surface area contributed by atoms with Gasteiger partial charge in [0.1, 0.15) is 0 Å². The molecule has 0 fully saturated rings. The Hall–Kier alpha value is -7.68. The van der Waals surface area contributed by atoms with Crippen molar-refractivity contribution in [2.45, 2.75) is 13.8 Å². The summed E-state index contributed by atoms with van der Waals surface area (Å²) in [6.45, 7) is 4.25. The van der Waals surface area contributed by atoms with E-state index in [1.807, 2.05) is 0 Å². The summed E-state index contributed by atoms with van der Waals surface area (Å²) in [4.78, 5) is 4.73. The first-order valence-electron chi connectivity index (χ1n) is 20.7. The van der Waals surface area contributed by atoms with Gasteiger partial charge >= 0.3 is 0 Å². The number of hydrogen-bond donors (Lipinski definition) is 0. The van der Waals surface area contributed by atoms with E-state index in [0.29, 0.717) is 0 Å². The Bertz CT molecular complexity index is 3180. The van der Waals surface area contributed by atoms with Crippen LogP contribution in [0.5, 0.6) is 0 Å². The van der Waals surface area contributed by atoms with Gasteiger partial charge in [-0.1, -0.05) is 152 Å². The minimum Gasteiger partial charge on any atom is -0.314 e. The Labute approximate surface area is 352 Å². The molecule has 0 aliphatic rings. The maximum Gasteiger partial charge on any atom is 0.0468 e. The van der Waals surface area contributed by atoms with E-state index in [9.17, 15) is 0 Å². The highest BCUT2D eigenvalue weighted by atomic mass is 15.1. The van der Waals surface area contributed by atoms with Crippen molar-refractivity contribution in [3.05, 3.63) is 236 Å². The van der Waals surface area contributed by atoms with Crippen LogP contribution in [0.15, 0.2) is 236 Å². The quantitative estimate of drug-likeness (QED) is 0.107. The summed E-state index contributed by atoms with van der Waals surface area (Å²) >= 11 is 0. The van der Waals surface area contributed by atoms with Gasteiger partial charge in [0.2, 0.25) is 0 Å². The fraction of sp³-hybridized carbons (Fsp3) is 0.0345. The van der Waals surface area contributed by atoms with Gasteiger partial charge < -0.3 is 9.80 Å². The van der Waals surface area contributed by atoms with Crippen LogP contribution in [0.4, 0.5) is 28.4 Å². The average molecular weight is 769 g/mol. The molecule has 0 atom stereocenters. The topological polar surface area (TPSA) is 6.48 Å². The van der Waals surface area contributed by atoms with E-state index >= 15 is 0 Å². The molecule has 10 aromatic carbocycles. The Morgan fingerprint density at radius 1 is 0.367 bits per heavy atom. The molecule has 0 spiro atoms. The third-order valence-corrected chi connectivity index (χ3v) is 11.6. The van der Waals surface area contributed by atoms with E-state index in [4.69, 9.17) is 0 Å². The van der Waals surface area contributed by atoms with Crippen LogP contribution in [-0.2, 0) is 0 Å². The molecule has 0 N–H and O–H groups in total. The SMILES string of the molecule is CC=CC=C(C)N(c1ccccc1)c1ccc2c(-c3ccc4ccccc4c3)c3cc(N(c4ccccc4)c4ccccc4)ccc3c(-c3ccc4ccccc4c3)c2c1. The lowest BCUT2D eigenvalue weighted by Gasteiger charge is -2.28. The summed E-state index contributed by atoms with van der Waals surface area (Å²) in [7, 11) is 0. The van der Waals surface area contributed by atoms with Gasteiger partial charge in [0.15, 0.2) is 0 Å². The monoisotopic (exact) mass is 768 g/mol. The highest BCUT2D eigenvalue weighted by molar-refractivity contribution is 6.23. The largest absolute Gasteiger partial charge is 0.314 e. The third-order valence-electron chi connectivity index (χ3n) is 11.6. The lowest BCUT2D eigenvalue weighted by Crippen LogP contribution is -2.14. The summed E-state index contributed by atoms with van der Waals surface area (Å²) in [5.41, 5.74) is 11.5. The first kappa shape index (κ1) is 36.6. The smallest absolute Gasteiger partial charge is 0.0468 e. The molecule has 2 heteroatoms. The summed E-state index contributed by atoms with van der Waals surface area (Å²) in [6.07, 6.45) is 6.39. The van der Waals surface area contributed by atoms with Crippen molar-refractivity contribution >= 4 is 71.5 Å². The predicted octanol–water partition coefficient (Wildman–Crippen LogP) is 16.7. The van der Waals surface area contributed by atoms with E-state index in [2.05, 4.69) is 254 Å². The van der Waals surface area contributed by atoms with Crippen molar-refractivity contribution in [1.29, 1.82) is 0 Å². The molecule has 0 unspecified atom stereocenters. The van der Waals surface area contributed by atoms with Gasteiger partial charge in [0, 0.05) is 34.1 Å². The van der Waals surface area contributed by atoms with Gasteiger partial charge in [-0.25, -0.2) is 0 Å². The molecule has 2 nitrogen and oxygen atoms in total. The molecular formula is C58H44N2. The number of fused-ring (bicyclic) bond motifs is 4. The zero-order valence-electron chi connectivity index (χ0n) is 33.8.